The van der Waals surface area contributed by atoms with Crippen LogP contribution >= 0.6 is 0 Å². The molecule has 0 atom stereocenters. The first-order chi connectivity index (χ1) is 7.81. The molecule has 0 heterocycles. The summed E-state index contributed by atoms with van der Waals surface area (Å²) in [5, 5.41) is 0. The van der Waals surface area contributed by atoms with E-state index in [2.05, 4.69) is 72.2 Å². The van der Waals surface area contributed by atoms with Crippen molar-refractivity contribution in [3.8, 4) is 0 Å². The van der Waals surface area contributed by atoms with E-state index < -0.39 is 0 Å². The summed E-state index contributed by atoms with van der Waals surface area (Å²) in [7, 11) is 2.10. The third-order valence-corrected chi connectivity index (χ3v) is 3.15. The number of hydrogen-bond acceptors (Lipinski definition) is 1. The zero-order chi connectivity index (χ0) is 13.6. The summed E-state index contributed by atoms with van der Waals surface area (Å²) < 4.78 is 0. The van der Waals surface area contributed by atoms with E-state index >= 15 is 0 Å². The van der Waals surface area contributed by atoms with Crippen LogP contribution in [0.5, 0.6) is 0 Å². The van der Waals surface area contributed by atoms with Crippen molar-refractivity contribution < 1.29 is 0 Å². The first-order valence-electron chi connectivity index (χ1n) is 6.61. The van der Waals surface area contributed by atoms with E-state index in [9.17, 15) is 0 Å². The van der Waals surface area contributed by atoms with Gasteiger partial charge in [0.15, 0.2) is 0 Å². The number of hydrogen-bond donors (Lipinski definition) is 0. The van der Waals surface area contributed by atoms with Crippen molar-refractivity contribution in [3.63, 3.8) is 0 Å². The van der Waals surface area contributed by atoms with Gasteiger partial charge in [-0.25, -0.2) is 0 Å². The second-order valence-corrected chi connectivity index (χ2v) is 5.25. The van der Waals surface area contributed by atoms with Crippen LogP contribution in [0.3, 0.4) is 0 Å². The van der Waals surface area contributed by atoms with Crippen molar-refractivity contribution in [1.82, 2.24) is 4.90 Å². The normalized spacial score (nSPS) is 13.5. The Kier molecular flexibility index (Phi) is 6.94. The second kappa shape index (κ2) is 7.37. The van der Waals surface area contributed by atoms with Crippen LogP contribution in [-0.2, 0) is 0 Å². The lowest BCUT2D eigenvalue weighted by Gasteiger charge is -2.26. The highest BCUT2D eigenvalue weighted by Gasteiger charge is 2.08. The molecule has 0 aliphatic rings. The summed E-state index contributed by atoms with van der Waals surface area (Å²) in [5.41, 5.74) is 3.78. The molecule has 0 fully saturated rings. The molecule has 0 unspecified atom stereocenters. The first-order valence-corrected chi connectivity index (χ1v) is 6.61. The van der Waals surface area contributed by atoms with Gasteiger partial charge in [-0.1, -0.05) is 39.5 Å². The van der Waals surface area contributed by atoms with Crippen LogP contribution in [0.2, 0.25) is 0 Å². The summed E-state index contributed by atoms with van der Waals surface area (Å²) in [4.78, 5) is 2.22. The predicted molar refractivity (Wildman–Crippen MR) is 79.0 cm³/mol. The minimum atomic E-state index is 0.489. The number of allylic oxidation sites excluding steroid dienone is 4. The highest BCUT2D eigenvalue weighted by Crippen LogP contribution is 2.20. The summed E-state index contributed by atoms with van der Waals surface area (Å²) in [5.74, 6) is 0.571. The Morgan fingerprint density at radius 2 is 1.76 bits per heavy atom. The molecule has 0 aromatic carbocycles. The van der Waals surface area contributed by atoms with Gasteiger partial charge in [0.25, 0.3) is 0 Å². The third kappa shape index (κ3) is 5.25. The van der Waals surface area contributed by atoms with Gasteiger partial charge in [-0.15, -0.1) is 0 Å². The Labute approximate surface area is 108 Å². The lowest BCUT2D eigenvalue weighted by molar-refractivity contribution is 0.351. The molecule has 17 heavy (non-hydrogen) atoms. The molecule has 0 saturated carbocycles. The van der Waals surface area contributed by atoms with Crippen LogP contribution in [0.25, 0.3) is 0 Å². The molecule has 0 aromatic heterocycles. The zero-order valence-electron chi connectivity index (χ0n) is 12.7. The minimum Gasteiger partial charge on any atom is -0.372 e. The van der Waals surface area contributed by atoms with E-state index in [1.165, 1.54) is 11.1 Å². The van der Waals surface area contributed by atoms with E-state index in [4.69, 9.17) is 0 Å². The fourth-order valence-electron chi connectivity index (χ4n) is 1.62. The molecule has 1 nitrogen and oxygen atoms in total. The van der Waals surface area contributed by atoms with Gasteiger partial charge in [0.2, 0.25) is 0 Å². The Hall–Kier alpha value is -0.980. The van der Waals surface area contributed by atoms with Crippen molar-refractivity contribution in [2.24, 2.45) is 5.92 Å². The van der Waals surface area contributed by atoms with Crippen LogP contribution in [0.4, 0.5) is 0 Å². The molecule has 0 bridgehead atoms. The molecule has 1 heteroatoms. The zero-order valence-corrected chi connectivity index (χ0v) is 12.7. The van der Waals surface area contributed by atoms with Gasteiger partial charge in [-0.05, 0) is 44.3 Å². The van der Waals surface area contributed by atoms with Crippen molar-refractivity contribution in [1.29, 1.82) is 0 Å². The molecule has 0 radical (unpaired) electrons. The Bertz CT molecular complexity index is 305. The predicted octanol–water partition coefficient (Wildman–Crippen LogP) is 4.78. The molecule has 0 saturated heterocycles. The number of nitrogens with zero attached hydrogens (tertiary/aromatic N) is 1. The van der Waals surface area contributed by atoms with E-state index in [-0.39, 0.29) is 0 Å². The van der Waals surface area contributed by atoms with Crippen LogP contribution in [0.1, 0.15) is 48.0 Å². The van der Waals surface area contributed by atoms with E-state index in [0.29, 0.717) is 12.0 Å². The molecule has 98 valence electrons. The molecule has 0 spiro atoms. The molecule has 0 aliphatic carbocycles. The third-order valence-electron chi connectivity index (χ3n) is 3.15. The molecular formula is C16H29N. The second-order valence-electron chi connectivity index (χ2n) is 5.25. The monoisotopic (exact) mass is 235 g/mol. The van der Waals surface area contributed by atoms with Crippen molar-refractivity contribution >= 4 is 0 Å². The SMILES string of the molecule is C=C(/C(C)=C/C(=C\CC)C(C)C)N(C)C(C)C. The molecule has 0 aromatic rings. The molecule has 0 aliphatic heterocycles. The van der Waals surface area contributed by atoms with Crippen molar-refractivity contribution in [3.05, 3.63) is 35.6 Å². The van der Waals surface area contributed by atoms with Crippen LogP contribution < -0.4 is 0 Å². The Balaban J connectivity index is 4.95. The quantitative estimate of drug-likeness (QED) is 0.599. The van der Waals surface area contributed by atoms with Crippen LogP contribution in [0, 0.1) is 5.92 Å². The lowest BCUT2D eigenvalue weighted by atomic mass is 9.98. The molecule has 0 rings (SSSR count). The van der Waals surface area contributed by atoms with Gasteiger partial charge in [0.05, 0.1) is 0 Å². The Morgan fingerprint density at radius 3 is 2.12 bits per heavy atom. The van der Waals surface area contributed by atoms with E-state index in [0.717, 1.165) is 12.1 Å². The molecule has 0 amide bonds. The molecular weight excluding hydrogens is 206 g/mol. The van der Waals surface area contributed by atoms with Gasteiger partial charge in [-0.3, -0.25) is 0 Å². The van der Waals surface area contributed by atoms with Gasteiger partial charge in [-0.2, -0.15) is 0 Å². The van der Waals surface area contributed by atoms with Gasteiger partial charge >= 0.3 is 0 Å². The average Bonchev–Trinajstić information content (AvgIpc) is 2.25. The molecule has 0 N–H and O–H groups in total. The van der Waals surface area contributed by atoms with Gasteiger partial charge < -0.3 is 4.90 Å². The van der Waals surface area contributed by atoms with Crippen LogP contribution in [-0.4, -0.2) is 18.0 Å². The van der Waals surface area contributed by atoms with E-state index in [1.54, 1.807) is 0 Å². The average molecular weight is 235 g/mol. The summed E-state index contributed by atoms with van der Waals surface area (Å²) in [6, 6.07) is 0.489. The van der Waals surface area contributed by atoms with Gasteiger partial charge in [0.1, 0.15) is 0 Å². The number of likely N-dealkylation sites (N-methyl/N-ethyl adjacent to an activating group) is 1. The highest BCUT2D eigenvalue weighted by molar-refractivity contribution is 5.34. The van der Waals surface area contributed by atoms with E-state index in [1.807, 2.05) is 0 Å². The maximum absolute atomic E-state index is 4.18. The fourth-order valence-corrected chi connectivity index (χ4v) is 1.62. The minimum absolute atomic E-state index is 0.489. The first kappa shape index (κ1) is 16.0. The fraction of sp³-hybridized carbons (Fsp3) is 0.625. The van der Waals surface area contributed by atoms with Crippen molar-refractivity contribution in [2.45, 2.75) is 54.0 Å². The maximum Gasteiger partial charge on any atom is 0.0322 e. The van der Waals surface area contributed by atoms with Gasteiger partial charge in [0, 0.05) is 18.8 Å². The summed E-state index contributed by atoms with van der Waals surface area (Å²) >= 11 is 0. The largest absolute Gasteiger partial charge is 0.372 e. The summed E-state index contributed by atoms with van der Waals surface area (Å²) in [6.45, 7) is 17.3. The van der Waals surface area contributed by atoms with Crippen molar-refractivity contribution in [2.75, 3.05) is 7.05 Å². The summed E-state index contributed by atoms with van der Waals surface area (Å²) in [6.07, 6.45) is 5.66. The van der Waals surface area contributed by atoms with Crippen LogP contribution in [0.15, 0.2) is 35.6 Å². The topological polar surface area (TPSA) is 3.24 Å². The maximum atomic E-state index is 4.18. The highest BCUT2D eigenvalue weighted by atomic mass is 15.1. The standard InChI is InChI=1S/C16H29N/c1-9-10-16(12(2)3)11-14(6)15(7)17(8)13(4)5/h10-13H,7,9H2,1-6,8H3/b14-11+,16-10+. The lowest BCUT2D eigenvalue weighted by Crippen LogP contribution is -2.25. The Morgan fingerprint density at radius 1 is 1.24 bits per heavy atom. The smallest absolute Gasteiger partial charge is 0.0322 e. The number of rotatable bonds is 6.